The highest BCUT2D eigenvalue weighted by molar-refractivity contribution is 6.27. The van der Waals surface area contributed by atoms with Gasteiger partial charge in [-0.1, -0.05) is 0 Å². The molecule has 0 saturated carbocycles. The Morgan fingerprint density at radius 2 is 1.36 bits per heavy atom. The van der Waals surface area contributed by atoms with Crippen LogP contribution >= 0.6 is 0 Å². The van der Waals surface area contributed by atoms with Gasteiger partial charge >= 0.3 is 11.9 Å². The molecule has 10 heteroatoms. The molecule has 33 heavy (non-hydrogen) atoms. The van der Waals surface area contributed by atoms with Gasteiger partial charge < -0.3 is 29.3 Å². The third-order valence-electron chi connectivity index (χ3n) is 5.92. The van der Waals surface area contributed by atoms with Gasteiger partial charge in [0, 0.05) is 25.6 Å². The lowest BCUT2D eigenvalue weighted by Crippen LogP contribution is -2.44. The average molecular weight is 467 g/mol. The maximum atomic E-state index is 12.7. The molecule has 1 amide bonds. The van der Waals surface area contributed by atoms with Crippen LogP contribution in [0, 0.1) is 5.92 Å². The summed E-state index contributed by atoms with van der Waals surface area (Å²) >= 11 is 0. The molecular formula is C23H34N2O8. The number of hydrogen-bond donors (Lipinski definition) is 2. The van der Waals surface area contributed by atoms with Gasteiger partial charge in [-0.05, 0) is 62.9 Å². The number of hydrogen-bond acceptors (Lipinski definition) is 7. The molecule has 184 valence electrons. The molecular weight excluding hydrogens is 432 g/mol. The molecule has 10 nitrogen and oxygen atoms in total. The van der Waals surface area contributed by atoms with Crippen LogP contribution in [0.15, 0.2) is 12.1 Å². The Kier molecular flexibility index (Phi) is 10.2. The summed E-state index contributed by atoms with van der Waals surface area (Å²) in [5.41, 5.74) is 1.13. The Hall–Kier alpha value is -3.01. The zero-order valence-electron chi connectivity index (χ0n) is 19.5. The van der Waals surface area contributed by atoms with E-state index < -0.39 is 11.9 Å². The molecule has 2 heterocycles. The van der Waals surface area contributed by atoms with Crippen LogP contribution in [0.1, 0.15) is 37.7 Å². The van der Waals surface area contributed by atoms with Crippen molar-refractivity contribution in [3.05, 3.63) is 17.7 Å². The number of amides is 1. The van der Waals surface area contributed by atoms with E-state index in [-0.39, 0.29) is 5.92 Å². The van der Waals surface area contributed by atoms with Gasteiger partial charge in [0.2, 0.25) is 11.7 Å². The van der Waals surface area contributed by atoms with E-state index in [9.17, 15) is 4.79 Å². The van der Waals surface area contributed by atoms with Gasteiger partial charge in [0.25, 0.3) is 0 Å². The quantitative estimate of drug-likeness (QED) is 0.606. The van der Waals surface area contributed by atoms with Crippen molar-refractivity contribution in [2.45, 2.75) is 38.6 Å². The van der Waals surface area contributed by atoms with Crippen LogP contribution in [0.2, 0.25) is 0 Å². The molecule has 0 bridgehead atoms. The summed E-state index contributed by atoms with van der Waals surface area (Å²) in [4.78, 5) is 35.4. The van der Waals surface area contributed by atoms with Crippen molar-refractivity contribution in [3.8, 4) is 17.2 Å². The number of carbonyl (C=O) groups is 3. The molecule has 2 aliphatic heterocycles. The Bertz CT molecular complexity index is 778. The summed E-state index contributed by atoms with van der Waals surface area (Å²) in [7, 11) is 4.89. The summed E-state index contributed by atoms with van der Waals surface area (Å²) in [6, 6.07) is 4.01. The first-order chi connectivity index (χ1) is 15.8. The first-order valence-corrected chi connectivity index (χ1v) is 11.1. The highest BCUT2D eigenvalue weighted by Gasteiger charge is 2.29. The largest absolute Gasteiger partial charge is 0.493 e. The molecule has 0 aromatic heterocycles. The molecule has 2 fully saturated rings. The van der Waals surface area contributed by atoms with Crippen molar-refractivity contribution in [1.29, 1.82) is 0 Å². The van der Waals surface area contributed by atoms with E-state index in [1.807, 2.05) is 12.1 Å². The molecule has 1 aromatic rings. The van der Waals surface area contributed by atoms with Gasteiger partial charge in [0.05, 0.1) is 21.3 Å². The maximum Gasteiger partial charge on any atom is 0.414 e. The zero-order chi connectivity index (χ0) is 24.4. The third-order valence-corrected chi connectivity index (χ3v) is 5.92. The predicted molar refractivity (Wildman–Crippen MR) is 120 cm³/mol. The van der Waals surface area contributed by atoms with Crippen molar-refractivity contribution >= 4 is 17.8 Å². The van der Waals surface area contributed by atoms with E-state index in [0.717, 1.165) is 64.0 Å². The molecule has 2 aliphatic rings. The fourth-order valence-corrected chi connectivity index (χ4v) is 4.20. The van der Waals surface area contributed by atoms with Crippen LogP contribution in [-0.4, -0.2) is 85.4 Å². The Labute approximate surface area is 194 Å². The molecule has 3 rings (SSSR count). The highest BCUT2D eigenvalue weighted by Crippen LogP contribution is 2.38. The van der Waals surface area contributed by atoms with Gasteiger partial charge in [-0.3, -0.25) is 9.69 Å². The summed E-state index contributed by atoms with van der Waals surface area (Å²) in [5.74, 6) is -1.09. The van der Waals surface area contributed by atoms with Crippen molar-refractivity contribution in [2.75, 3.05) is 47.5 Å². The smallest absolute Gasteiger partial charge is 0.414 e. The number of nitrogens with zero attached hydrogens (tertiary/aromatic N) is 2. The summed E-state index contributed by atoms with van der Waals surface area (Å²) in [6.45, 7) is 4.61. The second kappa shape index (κ2) is 12.9. The number of rotatable bonds is 6. The lowest BCUT2D eigenvalue weighted by Gasteiger charge is -2.35. The number of aliphatic carboxylic acids is 2. The number of ether oxygens (including phenoxy) is 3. The fourth-order valence-electron chi connectivity index (χ4n) is 4.20. The van der Waals surface area contributed by atoms with E-state index in [1.165, 1.54) is 6.42 Å². The maximum absolute atomic E-state index is 12.7. The first-order valence-electron chi connectivity index (χ1n) is 11.1. The minimum atomic E-state index is -1.82. The second-order valence-corrected chi connectivity index (χ2v) is 8.08. The Morgan fingerprint density at radius 3 is 1.79 bits per heavy atom. The summed E-state index contributed by atoms with van der Waals surface area (Å²) < 4.78 is 16.3. The van der Waals surface area contributed by atoms with E-state index >= 15 is 0 Å². The Morgan fingerprint density at radius 1 is 0.848 bits per heavy atom. The standard InChI is InChI=1S/C21H32N2O4.C2H2O4/c1-25-18-13-16(14-19(26-2)20(18)27-3)15-22-11-7-17(8-12-22)21(24)23-9-5-4-6-10-23;3-1(4)2(5)6/h13-14,17H,4-12,15H2,1-3H3;(H,3,4)(H,5,6). The number of benzene rings is 1. The van der Waals surface area contributed by atoms with Crippen LogP contribution < -0.4 is 14.2 Å². The molecule has 0 radical (unpaired) electrons. The van der Waals surface area contributed by atoms with Crippen molar-refractivity contribution in [1.82, 2.24) is 9.80 Å². The monoisotopic (exact) mass is 466 g/mol. The number of carboxylic acid groups (broad SMARTS) is 2. The van der Waals surface area contributed by atoms with E-state index in [4.69, 9.17) is 34.0 Å². The van der Waals surface area contributed by atoms with Crippen molar-refractivity contribution in [3.63, 3.8) is 0 Å². The third kappa shape index (κ3) is 7.52. The number of carboxylic acids is 2. The minimum absolute atomic E-state index is 0.194. The molecule has 1 aromatic carbocycles. The van der Waals surface area contributed by atoms with Gasteiger partial charge in [0.1, 0.15) is 0 Å². The van der Waals surface area contributed by atoms with E-state index in [2.05, 4.69) is 9.80 Å². The fraction of sp³-hybridized carbons (Fsp3) is 0.609. The van der Waals surface area contributed by atoms with Gasteiger partial charge in [-0.15, -0.1) is 0 Å². The van der Waals surface area contributed by atoms with Gasteiger partial charge in [-0.2, -0.15) is 0 Å². The average Bonchev–Trinajstić information content (AvgIpc) is 2.84. The number of carbonyl (C=O) groups excluding carboxylic acids is 1. The first kappa shape index (κ1) is 26.2. The number of likely N-dealkylation sites (tertiary alicyclic amines) is 2. The highest BCUT2D eigenvalue weighted by atomic mass is 16.5. The molecule has 0 unspecified atom stereocenters. The number of methoxy groups -OCH3 is 3. The normalized spacial score (nSPS) is 16.9. The topological polar surface area (TPSA) is 126 Å². The molecule has 0 aliphatic carbocycles. The molecule has 0 spiro atoms. The molecule has 0 atom stereocenters. The van der Waals surface area contributed by atoms with Gasteiger partial charge in [-0.25, -0.2) is 9.59 Å². The van der Waals surface area contributed by atoms with Crippen LogP contribution in [0.25, 0.3) is 0 Å². The van der Waals surface area contributed by atoms with Crippen molar-refractivity contribution in [2.24, 2.45) is 5.92 Å². The predicted octanol–water partition coefficient (Wildman–Crippen LogP) is 2.09. The summed E-state index contributed by atoms with van der Waals surface area (Å²) in [5, 5.41) is 14.8. The minimum Gasteiger partial charge on any atom is -0.493 e. The molecule has 2 saturated heterocycles. The SMILES string of the molecule is COc1cc(CN2CCC(C(=O)N3CCCCC3)CC2)cc(OC)c1OC.O=C(O)C(=O)O. The van der Waals surface area contributed by atoms with Crippen LogP contribution in [-0.2, 0) is 20.9 Å². The van der Waals surface area contributed by atoms with E-state index in [1.54, 1.807) is 21.3 Å². The molecule has 2 N–H and O–H groups in total. The zero-order valence-corrected chi connectivity index (χ0v) is 19.5. The van der Waals surface area contributed by atoms with E-state index in [0.29, 0.717) is 23.2 Å². The summed E-state index contributed by atoms with van der Waals surface area (Å²) in [6.07, 6.45) is 5.47. The van der Waals surface area contributed by atoms with Crippen LogP contribution in [0.4, 0.5) is 0 Å². The van der Waals surface area contributed by atoms with Gasteiger partial charge in [0.15, 0.2) is 11.5 Å². The second-order valence-electron chi connectivity index (χ2n) is 8.08. The lowest BCUT2D eigenvalue weighted by atomic mass is 9.94. The van der Waals surface area contributed by atoms with Crippen LogP contribution in [0.3, 0.4) is 0 Å². The van der Waals surface area contributed by atoms with Crippen molar-refractivity contribution < 1.29 is 38.8 Å². The van der Waals surface area contributed by atoms with Crippen LogP contribution in [0.5, 0.6) is 17.2 Å². The number of piperidine rings is 2. The Balaban J connectivity index is 0.000000569. The lowest BCUT2D eigenvalue weighted by molar-refractivity contribution is -0.159.